The van der Waals surface area contributed by atoms with E-state index in [0.717, 1.165) is 55.0 Å². The first-order chi connectivity index (χ1) is 20.3. The Kier molecular flexibility index (Phi) is 7.00. The van der Waals surface area contributed by atoms with Crippen LogP contribution in [0.3, 0.4) is 0 Å². The lowest BCUT2D eigenvalue weighted by Gasteiger charge is -2.57. The SMILES string of the molecule is COC(=O)C1=C2Nc3cc(OC)ccc3C23CCN2CCCC(C(C)OC(=O)c4cc(OC)c(OC)c(OC)c4)(C1)C23. The summed E-state index contributed by atoms with van der Waals surface area (Å²) in [6.45, 7) is 3.79. The summed E-state index contributed by atoms with van der Waals surface area (Å²) in [6.07, 6.45) is 2.49. The van der Waals surface area contributed by atoms with E-state index in [1.807, 2.05) is 19.1 Å². The quantitative estimate of drug-likeness (QED) is 0.456. The molecule has 4 unspecified atom stereocenters. The summed E-state index contributed by atoms with van der Waals surface area (Å²) >= 11 is 0. The fraction of sp³-hybridized carbons (Fsp3) is 0.500. The zero-order valence-corrected chi connectivity index (χ0v) is 25.0. The van der Waals surface area contributed by atoms with Crippen LogP contribution in [0.1, 0.15) is 48.5 Å². The van der Waals surface area contributed by atoms with Gasteiger partial charge >= 0.3 is 11.9 Å². The lowest BCUT2D eigenvalue weighted by molar-refractivity contribution is -0.138. The number of piperidine rings is 1. The number of nitrogens with one attached hydrogen (secondary N) is 1. The molecule has 2 aromatic carbocycles. The van der Waals surface area contributed by atoms with Crippen LogP contribution in [0.4, 0.5) is 5.69 Å². The molecule has 10 heteroatoms. The first kappa shape index (κ1) is 28.2. The maximum absolute atomic E-state index is 13.7. The maximum atomic E-state index is 13.7. The minimum Gasteiger partial charge on any atom is -0.497 e. The average molecular weight is 579 g/mol. The summed E-state index contributed by atoms with van der Waals surface area (Å²) in [6, 6.07) is 9.30. The summed E-state index contributed by atoms with van der Waals surface area (Å²) in [5.41, 5.74) is 2.91. The Morgan fingerprint density at radius 2 is 1.67 bits per heavy atom. The van der Waals surface area contributed by atoms with Gasteiger partial charge in [-0.25, -0.2) is 9.59 Å². The molecule has 4 atom stereocenters. The van der Waals surface area contributed by atoms with Crippen LogP contribution in [0.5, 0.6) is 23.0 Å². The van der Waals surface area contributed by atoms with Crippen molar-refractivity contribution in [1.29, 1.82) is 0 Å². The van der Waals surface area contributed by atoms with Gasteiger partial charge in [0.1, 0.15) is 11.9 Å². The molecule has 3 aliphatic heterocycles. The van der Waals surface area contributed by atoms with E-state index in [0.29, 0.717) is 34.8 Å². The molecule has 224 valence electrons. The van der Waals surface area contributed by atoms with Gasteiger partial charge in [-0.15, -0.1) is 0 Å². The fourth-order valence-electron chi connectivity index (χ4n) is 8.17. The molecule has 0 saturated carbocycles. The number of esters is 2. The number of hydrogen-bond acceptors (Lipinski definition) is 10. The van der Waals surface area contributed by atoms with Gasteiger partial charge in [-0.3, -0.25) is 4.90 Å². The highest BCUT2D eigenvalue weighted by atomic mass is 16.5. The average Bonchev–Trinajstić information content (AvgIpc) is 3.58. The van der Waals surface area contributed by atoms with Crippen molar-refractivity contribution in [3.63, 3.8) is 0 Å². The van der Waals surface area contributed by atoms with Gasteiger partial charge in [-0.05, 0) is 69.5 Å². The Bertz CT molecular complexity index is 1450. The van der Waals surface area contributed by atoms with E-state index in [-0.39, 0.29) is 12.0 Å². The number of ether oxygens (including phenoxy) is 6. The minimum atomic E-state index is -0.526. The number of rotatable bonds is 8. The molecule has 1 aliphatic carbocycles. The number of methoxy groups -OCH3 is 5. The smallest absolute Gasteiger partial charge is 0.338 e. The van der Waals surface area contributed by atoms with Crippen molar-refractivity contribution in [2.75, 3.05) is 54.0 Å². The first-order valence-corrected chi connectivity index (χ1v) is 14.3. The highest BCUT2D eigenvalue weighted by molar-refractivity contribution is 5.94. The molecule has 1 N–H and O–H groups in total. The topological polar surface area (TPSA) is 105 Å². The number of benzene rings is 2. The minimum absolute atomic E-state index is 0.0204. The van der Waals surface area contributed by atoms with Crippen molar-refractivity contribution in [2.45, 2.75) is 50.2 Å². The van der Waals surface area contributed by atoms with Crippen molar-refractivity contribution >= 4 is 17.6 Å². The summed E-state index contributed by atoms with van der Waals surface area (Å²) in [5, 5.41) is 3.61. The molecule has 0 radical (unpaired) electrons. The third-order valence-corrected chi connectivity index (χ3v) is 9.90. The van der Waals surface area contributed by atoms with Crippen LogP contribution in [0, 0.1) is 5.41 Å². The van der Waals surface area contributed by atoms with Crippen molar-refractivity contribution in [3.8, 4) is 23.0 Å². The van der Waals surface area contributed by atoms with Crippen molar-refractivity contribution in [3.05, 3.63) is 52.7 Å². The highest BCUT2D eigenvalue weighted by Crippen LogP contribution is 2.66. The van der Waals surface area contributed by atoms with E-state index >= 15 is 0 Å². The van der Waals surface area contributed by atoms with Crippen LogP contribution >= 0.6 is 0 Å². The molecule has 0 amide bonds. The van der Waals surface area contributed by atoms with Crippen LogP contribution < -0.4 is 24.3 Å². The largest absolute Gasteiger partial charge is 0.497 e. The van der Waals surface area contributed by atoms with Crippen molar-refractivity contribution < 1.29 is 38.0 Å². The number of carbonyl (C=O) groups is 2. The zero-order chi connectivity index (χ0) is 29.8. The number of hydrogen-bond donors (Lipinski definition) is 1. The summed E-state index contributed by atoms with van der Waals surface area (Å²) in [7, 11) is 7.60. The van der Waals surface area contributed by atoms with E-state index in [4.69, 9.17) is 28.4 Å². The summed E-state index contributed by atoms with van der Waals surface area (Å²) < 4.78 is 33.6. The number of anilines is 1. The van der Waals surface area contributed by atoms with Crippen molar-refractivity contribution in [1.82, 2.24) is 4.90 Å². The molecular formula is C32H38N2O8. The molecule has 6 rings (SSSR count). The molecule has 1 spiro atoms. The molecule has 4 aliphatic rings. The zero-order valence-electron chi connectivity index (χ0n) is 25.0. The predicted octanol–water partition coefficient (Wildman–Crippen LogP) is 4.32. The molecule has 3 heterocycles. The molecule has 2 aromatic rings. The van der Waals surface area contributed by atoms with Gasteiger partial charge < -0.3 is 33.7 Å². The molecule has 10 nitrogen and oxygen atoms in total. The van der Waals surface area contributed by atoms with Crippen LogP contribution in [0.25, 0.3) is 0 Å². The Morgan fingerprint density at radius 1 is 0.929 bits per heavy atom. The standard InChI is InChI=1S/C32H38N2O8/c1-18(42-28(35)19-14-24(38-3)26(40-5)25(15-19)39-4)31-10-7-12-34-13-11-32(30(31)34)22-9-8-20(37-2)16-23(22)33-27(32)21(17-31)29(36)41-6/h8-9,14-16,18,30,33H,7,10-13,17H2,1-6H3. The lowest BCUT2D eigenvalue weighted by atomic mass is 9.53. The fourth-order valence-corrected chi connectivity index (χ4v) is 8.17. The summed E-state index contributed by atoms with van der Waals surface area (Å²) in [4.78, 5) is 29.7. The second-order valence-electron chi connectivity index (χ2n) is 11.5. The van der Waals surface area contributed by atoms with Gasteiger partial charge in [0.15, 0.2) is 11.5 Å². The normalized spacial score (nSPS) is 26.3. The van der Waals surface area contributed by atoms with Gasteiger partial charge in [0.05, 0.1) is 52.1 Å². The molecule has 0 aromatic heterocycles. The highest BCUT2D eigenvalue weighted by Gasteiger charge is 2.68. The van der Waals surface area contributed by atoms with E-state index in [1.54, 1.807) is 19.2 Å². The maximum Gasteiger partial charge on any atom is 0.338 e. The Morgan fingerprint density at radius 3 is 2.31 bits per heavy atom. The Labute approximate surface area is 245 Å². The second-order valence-corrected chi connectivity index (χ2v) is 11.5. The van der Waals surface area contributed by atoms with Crippen LogP contribution in [0.2, 0.25) is 0 Å². The van der Waals surface area contributed by atoms with Gasteiger partial charge in [-0.1, -0.05) is 6.07 Å². The predicted molar refractivity (Wildman–Crippen MR) is 155 cm³/mol. The van der Waals surface area contributed by atoms with E-state index < -0.39 is 22.9 Å². The lowest BCUT2D eigenvalue weighted by Crippen LogP contribution is -2.64. The van der Waals surface area contributed by atoms with Crippen LogP contribution in [0.15, 0.2) is 41.6 Å². The van der Waals surface area contributed by atoms with Gasteiger partial charge in [-0.2, -0.15) is 0 Å². The Hall–Kier alpha value is -3.92. The van der Waals surface area contributed by atoms with Gasteiger partial charge in [0.2, 0.25) is 5.75 Å². The van der Waals surface area contributed by atoms with Crippen molar-refractivity contribution in [2.24, 2.45) is 5.41 Å². The number of nitrogens with zero attached hydrogens (tertiary/aromatic N) is 1. The van der Waals surface area contributed by atoms with E-state index in [1.165, 1.54) is 28.4 Å². The molecular weight excluding hydrogens is 540 g/mol. The second kappa shape index (κ2) is 10.4. The van der Waals surface area contributed by atoms with Crippen LogP contribution in [-0.4, -0.2) is 77.6 Å². The van der Waals surface area contributed by atoms with Gasteiger partial charge in [0, 0.05) is 28.9 Å². The molecule has 2 fully saturated rings. The monoisotopic (exact) mass is 578 g/mol. The number of carbonyl (C=O) groups excluding carboxylic acids is 2. The van der Waals surface area contributed by atoms with Crippen LogP contribution in [-0.2, 0) is 19.7 Å². The van der Waals surface area contributed by atoms with E-state index in [2.05, 4.69) is 16.3 Å². The number of fused-ring (bicyclic) bond motifs is 1. The molecule has 42 heavy (non-hydrogen) atoms. The molecule has 2 saturated heterocycles. The van der Waals surface area contributed by atoms with E-state index in [9.17, 15) is 9.59 Å². The third-order valence-electron chi connectivity index (χ3n) is 9.90. The first-order valence-electron chi connectivity index (χ1n) is 14.3. The Balaban J connectivity index is 1.44. The molecule has 0 bridgehead atoms. The summed E-state index contributed by atoms with van der Waals surface area (Å²) in [5.74, 6) is 1.03. The third kappa shape index (κ3) is 3.87. The van der Waals surface area contributed by atoms with Gasteiger partial charge in [0.25, 0.3) is 0 Å².